The lowest BCUT2D eigenvalue weighted by Crippen LogP contribution is -2.36. The van der Waals surface area contributed by atoms with Crippen molar-refractivity contribution in [1.29, 1.82) is 0 Å². The molecule has 0 radical (unpaired) electrons. The second-order valence-corrected chi connectivity index (χ2v) is 6.64. The average molecular weight is 496 g/mol. The van der Waals surface area contributed by atoms with Crippen LogP contribution in [0.2, 0.25) is 0 Å². The van der Waals surface area contributed by atoms with Gasteiger partial charge in [0, 0.05) is 39.6 Å². The fourth-order valence-electron chi connectivity index (χ4n) is 3.05. The molecule has 28 heavy (non-hydrogen) atoms. The number of hydrogen-bond acceptors (Lipinski definition) is 2. The van der Waals surface area contributed by atoms with Gasteiger partial charge in [-0.2, -0.15) is 0 Å². The molecule has 1 aliphatic heterocycles. The molecule has 2 aromatic carbocycles. The van der Waals surface area contributed by atoms with E-state index in [9.17, 15) is 9.18 Å². The van der Waals surface area contributed by atoms with Crippen LogP contribution in [-0.2, 0) is 24.4 Å². The number of nitrogens with one attached hydrogen (secondary N) is 2. The summed E-state index contributed by atoms with van der Waals surface area (Å²) in [4.78, 5) is 17.8. The standard InChI is InChI=1S/C21H25FN4O.HI/c1-23-21(25-14-17-8-10-19(22)11-9-17)24-13-16-4-6-18(7-5-16)15-26-12-2-3-20(26)27;/h4-11H,2-3,12-15H2,1H3,(H2,23,24,25);1H. The van der Waals surface area contributed by atoms with E-state index < -0.39 is 0 Å². The number of halogens is 2. The van der Waals surface area contributed by atoms with E-state index in [1.54, 1.807) is 19.2 Å². The second kappa shape index (κ2) is 11.0. The van der Waals surface area contributed by atoms with E-state index in [0.717, 1.165) is 29.7 Å². The van der Waals surface area contributed by atoms with Crippen LogP contribution >= 0.6 is 24.0 Å². The highest BCUT2D eigenvalue weighted by Gasteiger charge is 2.19. The third-order valence-corrected chi connectivity index (χ3v) is 4.62. The van der Waals surface area contributed by atoms with Gasteiger partial charge in [-0.05, 0) is 35.2 Å². The zero-order valence-corrected chi connectivity index (χ0v) is 18.3. The summed E-state index contributed by atoms with van der Waals surface area (Å²) in [5, 5.41) is 6.48. The molecule has 1 aliphatic rings. The molecule has 5 nitrogen and oxygen atoms in total. The van der Waals surface area contributed by atoms with Crippen molar-refractivity contribution in [2.24, 2.45) is 4.99 Å². The van der Waals surface area contributed by atoms with Gasteiger partial charge in [0.2, 0.25) is 5.91 Å². The lowest BCUT2D eigenvalue weighted by Gasteiger charge is -2.16. The van der Waals surface area contributed by atoms with E-state index in [1.165, 1.54) is 12.1 Å². The summed E-state index contributed by atoms with van der Waals surface area (Å²) in [6.45, 7) is 2.76. The van der Waals surface area contributed by atoms with Gasteiger partial charge < -0.3 is 15.5 Å². The fraction of sp³-hybridized carbons (Fsp3) is 0.333. The van der Waals surface area contributed by atoms with Gasteiger partial charge in [0.15, 0.2) is 5.96 Å². The smallest absolute Gasteiger partial charge is 0.222 e. The van der Waals surface area contributed by atoms with E-state index in [4.69, 9.17) is 0 Å². The molecule has 0 spiro atoms. The van der Waals surface area contributed by atoms with Crippen molar-refractivity contribution in [3.63, 3.8) is 0 Å². The molecule has 0 unspecified atom stereocenters. The van der Waals surface area contributed by atoms with E-state index in [1.807, 2.05) is 4.90 Å². The Bertz CT molecular complexity index is 793. The van der Waals surface area contributed by atoms with E-state index in [0.29, 0.717) is 32.0 Å². The van der Waals surface area contributed by atoms with E-state index in [2.05, 4.69) is 39.9 Å². The van der Waals surface area contributed by atoms with Gasteiger partial charge in [-0.25, -0.2) is 4.39 Å². The van der Waals surface area contributed by atoms with Crippen LogP contribution < -0.4 is 10.6 Å². The van der Waals surface area contributed by atoms with Gasteiger partial charge in [0.1, 0.15) is 5.82 Å². The van der Waals surface area contributed by atoms with Crippen molar-refractivity contribution in [1.82, 2.24) is 15.5 Å². The van der Waals surface area contributed by atoms with Crippen molar-refractivity contribution in [2.45, 2.75) is 32.5 Å². The molecule has 7 heteroatoms. The third kappa shape index (κ3) is 6.47. The maximum atomic E-state index is 12.9. The molecule has 0 atom stereocenters. The normalized spacial score (nSPS) is 14.0. The first-order valence-electron chi connectivity index (χ1n) is 9.18. The molecule has 2 N–H and O–H groups in total. The van der Waals surface area contributed by atoms with Crippen LogP contribution in [0.15, 0.2) is 53.5 Å². The van der Waals surface area contributed by atoms with Crippen LogP contribution in [0.5, 0.6) is 0 Å². The molecule has 3 rings (SSSR count). The predicted octanol–water partition coefficient (Wildman–Crippen LogP) is 3.43. The van der Waals surface area contributed by atoms with Crippen molar-refractivity contribution >= 4 is 35.8 Å². The Labute approximate surface area is 182 Å². The minimum Gasteiger partial charge on any atom is -0.352 e. The quantitative estimate of drug-likeness (QED) is 0.366. The van der Waals surface area contributed by atoms with Gasteiger partial charge in [-0.3, -0.25) is 9.79 Å². The van der Waals surface area contributed by atoms with Gasteiger partial charge in [0.05, 0.1) is 0 Å². The maximum absolute atomic E-state index is 12.9. The molecule has 0 bridgehead atoms. The number of aliphatic imine (C=N–C) groups is 1. The first kappa shape index (κ1) is 22.1. The van der Waals surface area contributed by atoms with Gasteiger partial charge >= 0.3 is 0 Å². The Morgan fingerprint density at radius 1 is 1.00 bits per heavy atom. The van der Waals surface area contributed by atoms with Gasteiger partial charge in [-0.15, -0.1) is 24.0 Å². The Morgan fingerprint density at radius 3 is 2.04 bits per heavy atom. The van der Waals surface area contributed by atoms with Crippen LogP contribution in [0.3, 0.4) is 0 Å². The summed E-state index contributed by atoms with van der Waals surface area (Å²) >= 11 is 0. The minimum absolute atomic E-state index is 0. The maximum Gasteiger partial charge on any atom is 0.222 e. The molecule has 1 heterocycles. The first-order valence-corrected chi connectivity index (χ1v) is 9.18. The van der Waals surface area contributed by atoms with E-state index in [-0.39, 0.29) is 35.7 Å². The molecule has 0 saturated carbocycles. The zero-order valence-electron chi connectivity index (χ0n) is 16.0. The van der Waals surface area contributed by atoms with Crippen LogP contribution in [0, 0.1) is 5.82 Å². The van der Waals surface area contributed by atoms with Gasteiger partial charge in [-0.1, -0.05) is 36.4 Å². The monoisotopic (exact) mass is 496 g/mol. The number of amides is 1. The molecule has 1 fully saturated rings. The SMILES string of the molecule is CN=C(NCc1ccc(F)cc1)NCc1ccc(CN2CCCC2=O)cc1.I. The molecule has 1 amide bonds. The topological polar surface area (TPSA) is 56.7 Å². The highest BCUT2D eigenvalue weighted by atomic mass is 127. The molecule has 150 valence electrons. The summed E-state index contributed by atoms with van der Waals surface area (Å²) in [5.41, 5.74) is 3.27. The largest absolute Gasteiger partial charge is 0.352 e. The highest BCUT2D eigenvalue weighted by Crippen LogP contribution is 2.14. The van der Waals surface area contributed by atoms with Crippen molar-refractivity contribution in [3.05, 3.63) is 71.0 Å². The number of carbonyl (C=O) groups is 1. The summed E-state index contributed by atoms with van der Waals surface area (Å²) in [6, 6.07) is 14.7. The van der Waals surface area contributed by atoms with Gasteiger partial charge in [0.25, 0.3) is 0 Å². The lowest BCUT2D eigenvalue weighted by molar-refractivity contribution is -0.128. The van der Waals surface area contributed by atoms with Crippen LogP contribution in [0.4, 0.5) is 4.39 Å². The third-order valence-electron chi connectivity index (χ3n) is 4.62. The van der Waals surface area contributed by atoms with Crippen molar-refractivity contribution in [3.8, 4) is 0 Å². The Morgan fingerprint density at radius 2 is 1.54 bits per heavy atom. The van der Waals surface area contributed by atoms with E-state index >= 15 is 0 Å². The number of rotatable bonds is 6. The number of guanidine groups is 1. The van der Waals surface area contributed by atoms with Crippen molar-refractivity contribution in [2.75, 3.05) is 13.6 Å². The highest BCUT2D eigenvalue weighted by molar-refractivity contribution is 14.0. The van der Waals surface area contributed by atoms with Crippen LogP contribution in [0.1, 0.15) is 29.5 Å². The Hall–Kier alpha value is -2.16. The number of likely N-dealkylation sites (tertiary alicyclic amines) is 1. The molecular formula is C21H26FIN4O. The number of carbonyl (C=O) groups excluding carboxylic acids is 1. The van der Waals surface area contributed by atoms with Crippen LogP contribution in [-0.4, -0.2) is 30.4 Å². The summed E-state index contributed by atoms with van der Waals surface area (Å²) in [5.74, 6) is 0.696. The van der Waals surface area contributed by atoms with Crippen LogP contribution in [0.25, 0.3) is 0 Å². The fourth-order valence-corrected chi connectivity index (χ4v) is 3.05. The Kier molecular flexibility index (Phi) is 8.69. The predicted molar refractivity (Wildman–Crippen MR) is 120 cm³/mol. The molecule has 0 aromatic heterocycles. The molecular weight excluding hydrogens is 470 g/mol. The number of nitrogens with zero attached hydrogens (tertiary/aromatic N) is 2. The summed E-state index contributed by atoms with van der Waals surface area (Å²) in [7, 11) is 1.72. The minimum atomic E-state index is -0.237. The summed E-state index contributed by atoms with van der Waals surface area (Å²) in [6.07, 6.45) is 1.64. The van der Waals surface area contributed by atoms with Crippen molar-refractivity contribution < 1.29 is 9.18 Å². The molecule has 1 saturated heterocycles. The summed E-state index contributed by atoms with van der Waals surface area (Å²) < 4.78 is 12.9. The second-order valence-electron chi connectivity index (χ2n) is 6.64. The number of hydrogen-bond donors (Lipinski definition) is 2. The first-order chi connectivity index (χ1) is 13.1. The Balaban J connectivity index is 0.00000280. The lowest BCUT2D eigenvalue weighted by atomic mass is 10.1. The molecule has 2 aromatic rings. The molecule has 0 aliphatic carbocycles. The average Bonchev–Trinajstić information content (AvgIpc) is 3.09. The number of benzene rings is 2. The zero-order chi connectivity index (χ0) is 19.1.